The number of aliphatic carboxylic acids is 1. The summed E-state index contributed by atoms with van der Waals surface area (Å²) in [6.07, 6.45) is -0.235. The lowest BCUT2D eigenvalue weighted by Crippen LogP contribution is -2.25. The van der Waals surface area contributed by atoms with Crippen LogP contribution in [0.15, 0.2) is 29.1 Å². The van der Waals surface area contributed by atoms with Gasteiger partial charge in [0.2, 0.25) is 0 Å². The van der Waals surface area contributed by atoms with E-state index in [-0.39, 0.29) is 23.2 Å². The molecule has 0 saturated carbocycles. The van der Waals surface area contributed by atoms with Gasteiger partial charge in [0.05, 0.1) is 11.8 Å². The normalized spacial score (nSPS) is 11.0. The average molecular weight is 372 g/mol. The van der Waals surface area contributed by atoms with Crippen LogP contribution in [0.25, 0.3) is 21.6 Å². The molecule has 3 aromatic rings. The first-order valence-corrected chi connectivity index (χ1v) is 8.68. The van der Waals surface area contributed by atoms with Gasteiger partial charge in [-0.3, -0.25) is 14.2 Å². The Labute approximate surface area is 152 Å². The minimum Gasteiger partial charge on any atom is -0.481 e. The van der Waals surface area contributed by atoms with Crippen molar-refractivity contribution in [1.29, 1.82) is 0 Å². The van der Waals surface area contributed by atoms with E-state index in [1.165, 1.54) is 4.57 Å². The highest BCUT2D eigenvalue weighted by Gasteiger charge is 2.22. The number of fused-ring (bicyclic) bond motifs is 1. The first-order chi connectivity index (χ1) is 12.3. The lowest BCUT2D eigenvalue weighted by molar-refractivity contribution is -0.137. The third kappa shape index (κ3) is 2.99. The molecule has 7 nitrogen and oxygen atoms in total. The number of aromatic carboxylic acids is 1. The summed E-state index contributed by atoms with van der Waals surface area (Å²) in [4.78, 5) is 40.4. The summed E-state index contributed by atoms with van der Waals surface area (Å²) in [6.45, 7) is 3.40. The van der Waals surface area contributed by atoms with Crippen LogP contribution in [-0.4, -0.2) is 31.7 Å². The van der Waals surface area contributed by atoms with E-state index in [2.05, 4.69) is 4.98 Å². The Kier molecular flexibility index (Phi) is 4.60. The summed E-state index contributed by atoms with van der Waals surface area (Å²) in [7, 11) is 0. The number of nitrogens with zero attached hydrogens (tertiary/aromatic N) is 2. The summed E-state index contributed by atoms with van der Waals surface area (Å²) >= 11 is 0.954. The van der Waals surface area contributed by atoms with Crippen LogP contribution in [0, 0.1) is 13.8 Å². The summed E-state index contributed by atoms with van der Waals surface area (Å²) in [5, 5.41) is 18.6. The highest BCUT2D eigenvalue weighted by atomic mass is 32.1. The van der Waals surface area contributed by atoms with Crippen LogP contribution in [0.4, 0.5) is 0 Å². The number of benzene rings is 1. The number of aromatic nitrogens is 2. The fraction of sp³-hybridized carbons (Fsp3) is 0.222. The molecule has 2 N–H and O–H groups in total. The number of thiophene rings is 1. The van der Waals surface area contributed by atoms with Gasteiger partial charge in [-0.05, 0) is 25.0 Å². The SMILES string of the molecule is Cc1ccccc1-c1nc2sc(C(=O)O)c(C)c2c(=O)n1CCC(=O)O. The van der Waals surface area contributed by atoms with Crippen molar-refractivity contribution in [3.63, 3.8) is 0 Å². The Balaban J connectivity index is 2.36. The van der Waals surface area contributed by atoms with Gasteiger partial charge in [-0.25, -0.2) is 9.78 Å². The minimum absolute atomic E-state index is 0.0432. The average Bonchev–Trinajstić information content (AvgIpc) is 2.91. The Hall–Kier alpha value is -3.00. The number of aryl methyl sites for hydroxylation is 2. The molecule has 0 aliphatic carbocycles. The molecular formula is C18H16N2O5S. The fourth-order valence-electron chi connectivity index (χ4n) is 2.86. The van der Waals surface area contributed by atoms with Crippen molar-refractivity contribution < 1.29 is 19.8 Å². The summed E-state index contributed by atoms with van der Waals surface area (Å²) in [5.74, 6) is -1.79. The third-order valence-electron chi connectivity index (χ3n) is 4.18. The number of carboxylic acid groups (broad SMARTS) is 2. The minimum atomic E-state index is -1.11. The number of rotatable bonds is 5. The Morgan fingerprint density at radius 1 is 1.19 bits per heavy atom. The van der Waals surface area contributed by atoms with Crippen LogP contribution >= 0.6 is 11.3 Å². The molecule has 3 rings (SSSR count). The van der Waals surface area contributed by atoms with Gasteiger partial charge in [0, 0.05) is 12.1 Å². The number of carboxylic acids is 2. The van der Waals surface area contributed by atoms with Gasteiger partial charge >= 0.3 is 11.9 Å². The van der Waals surface area contributed by atoms with Crippen molar-refractivity contribution in [1.82, 2.24) is 9.55 Å². The Bertz CT molecular complexity index is 1100. The Morgan fingerprint density at radius 2 is 1.88 bits per heavy atom. The van der Waals surface area contributed by atoms with Crippen molar-refractivity contribution in [2.75, 3.05) is 0 Å². The van der Waals surface area contributed by atoms with Gasteiger partial charge in [0.1, 0.15) is 15.5 Å². The predicted octanol–water partition coefficient (Wildman–Crippen LogP) is 2.91. The van der Waals surface area contributed by atoms with Crippen molar-refractivity contribution in [2.24, 2.45) is 0 Å². The second kappa shape index (κ2) is 6.72. The van der Waals surface area contributed by atoms with Crippen molar-refractivity contribution in [2.45, 2.75) is 26.8 Å². The Morgan fingerprint density at radius 3 is 2.50 bits per heavy atom. The molecule has 0 atom stereocenters. The topological polar surface area (TPSA) is 109 Å². The first kappa shape index (κ1) is 17.8. The number of hydrogen-bond acceptors (Lipinski definition) is 5. The van der Waals surface area contributed by atoms with Crippen LogP contribution < -0.4 is 5.56 Å². The predicted molar refractivity (Wildman–Crippen MR) is 98.0 cm³/mol. The van der Waals surface area contributed by atoms with E-state index in [0.717, 1.165) is 16.9 Å². The van der Waals surface area contributed by atoms with E-state index in [1.54, 1.807) is 13.0 Å². The highest BCUT2D eigenvalue weighted by Crippen LogP contribution is 2.30. The fourth-order valence-corrected chi connectivity index (χ4v) is 3.88. The zero-order chi connectivity index (χ0) is 19.0. The molecule has 0 unspecified atom stereocenters. The molecule has 0 aliphatic heterocycles. The maximum absolute atomic E-state index is 13.0. The maximum Gasteiger partial charge on any atom is 0.346 e. The quantitative estimate of drug-likeness (QED) is 0.713. The molecule has 1 aromatic carbocycles. The lowest BCUT2D eigenvalue weighted by Gasteiger charge is -2.13. The van der Waals surface area contributed by atoms with Gasteiger partial charge < -0.3 is 10.2 Å². The molecule has 0 saturated heterocycles. The molecule has 0 bridgehead atoms. The van der Waals surface area contributed by atoms with Gasteiger partial charge in [-0.2, -0.15) is 0 Å². The van der Waals surface area contributed by atoms with Crippen LogP contribution in [0.2, 0.25) is 0 Å². The zero-order valence-corrected chi connectivity index (χ0v) is 15.0. The third-order valence-corrected chi connectivity index (χ3v) is 5.35. The van der Waals surface area contributed by atoms with Gasteiger partial charge in [0.15, 0.2) is 0 Å². The molecule has 134 valence electrons. The number of hydrogen-bond donors (Lipinski definition) is 2. The van der Waals surface area contributed by atoms with Gasteiger partial charge in [0.25, 0.3) is 5.56 Å². The standard InChI is InChI=1S/C18H16N2O5S/c1-9-5-3-4-6-11(9)15-19-16-13(10(2)14(26-16)18(24)25)17(23)20(15)8-7-12(21)22/h3-6H,7-8H2,1-2H3,(H,21,22)(H,24,25). The zero-order valence-electron chi connectivity index (χ0n) is 14.1. The smallest absolute Gasteiger partial charge is 0.346 e. The molecular weight excluding hydrogens is 356 g/mol. The van der Waals surface area contributed by atoms with E-state index in [9.17, 15) is 19.5 Å². The van der Waals surface area contributed by atoms with Crippen molar-refractivity contribution >= 4 is 33.5 Å². The van der Waals surface area contributed by atoms with Crippen LogP contribution in [0.3, 0.4) is 0 Å². The summed E-state index contributed by atoms with van der Waals surface area (Å²) in [5.41, 5.74) is 1.53. The molecule has 0 spiro atoms. The van der Waals surface area contributed by atoms with E-state index in [0.29, 0.717) is 21.8 Å². The second-order valence-electron chi connectivity index (χ2n) is 5.89. The monoisotopic (exact) mass is 372 g/mol. The van der Waals surface area contributed by atoms with E-state index < -0.39 is 17.5 Å². The second-order valence-corrected chi connectivity index (χ2v) is 6.89. The van der Waals surface area contributed by atoms with Crippen LogP contribution in [0.5, 0.6) is 0 Å². The van der Waals surface area contributed by atoms with Crippen LogP contribution in [0.1, 0.15) is 27.2 Å². The summed E-state index contributed by atoms with van der Waals surface area (Å²) < 4.78 is 1.32. The van der Waals surface area contributed by atoms with E-state index in [1.807, 2.05) is 25.1 Å². The first-order valence-electron chi connectivity index (χ1n) is 7.86. The number of carbonyl (C=O) groups is 2. The molecule has 0 amide bonds. The molecule has 26 heavy (non-hydrogen) atoms. The molecule has 0 aliphatic rings. The van der Waals surface area contributed by atoms with E-state index >= 15 is 0 Å². The molecule has 8 heteroatoms. The maximum atomic E-state index is 13.0. The largest absolute Gasteiger partial charge is 0.481 e. The molecule has 2 heterocycles. The lowest BCUT2D eigenvalue weighted by atomic mass is 10.1. The van der Waals surface area contributed by atoms with Gasteiger partial charge in [-0.15, -0.1) is 11.3 Å². The molecule has 2 aromatic heterocycles. The van der Waals surface area contributed by atoms with Crippen LogP contribution in [-0.2, 0) is 11.3 Å². The van der Waals surface area contributed by atoms with Gasteiger partial charge in [-0.1, -0.05) is 24.3 Å². The highest BCUT2D eigenvalue weighted by molar-refractivity contribution is 7.20. The molecule has 0 radical (unpaired) electrons. The van der Waals surface area contributed by atoms with Crippen molar-refractivity contribution in [3.05, 3.63) is 50.6 Å². The van der Waals surface area contributed by atoms with Crippen molar-refractivity contribution in [3.8, 4) is 11.4 Å². The molecule has 0 fully saturated rings. The van der Waals surface area contributed by atoms with E-state index in [4.69, 9.17) is 5.11 Å². The summed E-state index contributed by atoms with van der Waals surface area (Å²) in [6, 6.07) is 7.34.